The molecule has 3 rings (SSSR count). The second-order valence-corrected chi connectivity index (χ2v) is 8.39. The van der Waals surface area contributed by atoms with E-state index in [0.29, 0.717) is 28.7 Å². The molecule has 1 amide bonds. The molecule has 25 heavy (non-hydrogen) atoms. The van der Waals surface area contributed by atoms with E-state index in [1.807, 2.05) is 0 Å². The summed E-state index contributed by atoms with van der Waals surface area (Å²) in [6, 6.07) is 13.0. The second kappa shape index (κ2) is 7.33. The highest BCUT2D eigenvalue weighted by atomic mass is 35.5. The predicted octanol–water partition coefficient (Wildman–Crippen LogP) is 3.14. The molecule has 0 aliphatic carbocycles. The normalized spacial score (nSPS) is 16.0. The molecule has 0 bridgehead atoms. The van der Waals surface area contributed by atoms with E-state index in [9.17, 15) is 13.2 Å². The van der Waals surface area contributed by atoms with Crippen molar-refractivity contribution < 1.29 is 13.2 Å². The quantitative estimate of drug-likeness (QED) is 0.797. The predicted molar refractivity (Wildman–Crippen MR) is 97.6 cm³/mol. The van der Waals surface area contributed by atoms with E-state index >= 15 is 0 Å². The monoisotopic (exact) mass is 398 g/mol. The molecule has 0 N–H and O–H groups in total. The molecule has 2 aromatic carbocycles. The topological polar surface area (TPSA) is 57.7 Å². The molecule has 0 unspecified atom stereocenters. The number of rotatable bonds is 3. The van der Waals surface area contributed by atoms with E-state index in [-0.39, 0.29) is 23.9 Å². The van der Waals surface area contributed by atoms with Crippen LogP contribution in [-0.2, 0) is 10.0 Å². The molecule has 0 saturated carbocycles. The van der Waals surface area contributed by atoms with Gasteiger partial charge < -0.3 is 4.90 Å². The maximum atomic E-state index is 12.6. The Labute approximate surface area is 156 Å². The van der Waals surface area contributed by atoms with E-state index < -0.39 is 10.0 Å². The van der Waals surface area contributed by atoms with Crippen LogP contribution in [0.25, 0.3) is 0 Å². The van der Waals surface area contributed by atoms with Gasteiger partial charge in [-0.2, -0.15) is 4.31 Å². The van der Waals surface area contributed by atoms with Crippen molar-refractivity contribution in [2.45, 2.75) is 4.90 Å². The molecule has 1 aliphatic heterocycles. The highest BCUT2D eigenvalue weighted by Gasteiger charge is 2.30. The zero-order chi connectivity index (χ0) is 18.0. The highest BCUT2D eigenvalue weighted by molar-refractivity contribution is 7.89. The zero-order valence-electron chi connectivity index (χ0n) is 13.2. The van der Waals surface area contributed by atoms with Gasteiger partial charge in [0.1, 0.15) is 0 Å². The van der Waals surface area contributed by atoms with E-state index in [0.717, 1.165) is 0 Å². The molecular weight excluding hydrogens is 383 g/mol. The summed E-state index contributed by atoms with van der Waals surface area (Å²) in [5, 5.41) is 0.704. The van der Waals surface area contributed by atoms with Crippen LogP contribution in [0.1, 0.15) is 10.4 Å². The molecular formula is C17H16Cl2N2O3S. The Balaban J connectivity index is 1.69. The molecule has 1 heterocycles. The summed E-state index contributed by atoms with van der Waals surface area (Å²) in [7, 11) is -3.53. The number of hydrogen-bond donors (Lipinski definition) is 0. The minimum absolute atomic E-state index is 0.185. The molecule has 2 aromatic rings. The summed E-state index contributed by atoms with van der Waals surface area (Å²) in [6.45, 7) is 1.16. The van der Waals surface area contributed by atoms with Crippen molar-refractivity contribution in [2.75, 3.05) is 26.2 Å². The third kappa shape index (κ3) is 3.82. The Hall–Kier alpha value is -1.60. The van der Waals surface area contributed by atoms with Crippen LogP contribution in [0.3, 0.4) is 0 Å². The van der Waals surface area contributed by atoms with Crippen molar-refractivity contribution in [1.82, 2.24) is 9.21 Å². The molecule has 0 radical (unpaired) electrons. The third-order valence-corrected chi connectivity index (χ3v) is 6.73. The van der Waals surface area contributed by atoms with Gasteiger partial charge in [-0.1, -0.05) is 41.4 Å². The fraction of sp³-hybridized carbons (Fsp3) is 0.235. The van der Waals surface area contributed by atoms with Gasteiger partial charge in [-0.25, -0.2) is 8.42 Å². The van der Waals surface area contributed by atoms with Crippen LogP contribution in [0.15, 0.2) is 53.4 Å². The van der Waals surface area contributed by atoms with Crippen molar-refractivity contribution in [3.63, 3.8) is 0 Å². The van der Waals surface area contributed by atoms with Gasteiger partial charge in [0.25, 0.3) is 5.91 Å². The number of carbonyl (C=O) groups excluding carboxylic acids is 1. The number of carbonyl (C=O) groups is 1. The van der Waals surface area contributed by atoms with Crippen LogP contribution >= 0.6 is 23.2 Å². The first-order valence-electron chi connectivity index (χ1n) is 7.69. The van der Waals surface area contributed by atoms with Crippen LogP contribution in [0.5, 0.6) is 0 Å². The molecule has 132 valence electrons. The van der Waals surface area contributed by atoms with Gasteiger partial charge in [-0.15, -0.1) is 0 Å². The van der Waals surface area contributed by atoms with Crippen LogP contribution < -0.4 is 0 Å². The van der Waals surface area contributed by atoms with Gasteiger partial charge in [0.05, 0.1) is 14.9 Å². The first-order chi connectivity index (χ1) is 11.9. The van der Waals surface area contributed by atoms with Crippen LogP contribution in [0, 0.1) is 0 Å². The molecule has 0 atom stereocenters. The number of piperazine rings is 1. The van der Waals surface area contributed by atoms with Crippen molar-refractivity contribution in [2.24, 2.45) is 0 Å². The lowest BCUT2D eigenvalue weighted by molar-refractivity contribution is 0.0698. The number of hydrogen-bond acceptors (Lipinski definition) is 3. The average molecular weight is 399 g/mol. The fourth-order valence-electron chi connectivity index (χ4n) is 2.68. The lowest BCUT2D eigenvalue weighted by Crippen LogP contribution is -2.50. The van der Waals surface area contributed by atoms with Gasteiger partial charge in [0.15, 0.2) is 0 Å². The Bertz CT molecular complexity index is 880. The smallest absolute Gasteiger partial charge is 0.253 e. The summed E-state index contributed by atoms with van der Waals surface area (Å²) in [4.78, 5) is 14.4. The molecule has 1 saturated heterocycles. The van der Waals surface area contributed by atoms with Crippen LogP contribution in [-0.4, -0.2) is 49.7 Å². The summed E-state index contributed by atoms with van der Waals surface area (Å²) in [5.41, 5.74) is 0.439. The molecule has 5 nitrogen and oxygen atoms in total. The van der Waals surface area contributed by atoms with Crippen LogP contribution in [0.4, 0.5) is 0 Å². The summed E-state index contributed by atoms with van der Waals surface area (Å²) >= 11 is 11.8. The van der Waals surface area contributed by atoms with Gasteiger partial charge >= 0.3 is 0 Å². The average Bonchev–Trinajstić information content (AvgIpc) is 2.64. The molecule has 0 spiro atoms. The Morgan fingerprint density at radius 2 is 1.52 bits per heavy atom. The summed E-state index contributed by atoms with van der Waals surface area (Å²) in [5.74, 6) is -0.185. The molecule has 8 heteroatoms. The number of nitrogens with zero attached hydrogens (tertiary/aromatic N) is 2. The Morgan fingerprint density at radius 1 is 0.880 bits per heavy atom. The first-order valence-corrected chi connectivity index (χ1v) is 9.89. The number of sulfonamides is 1. The fourth-order valence-corrected chi connectivity index (χ4v) is 4.43. The third-order valence-electron chi connectivity index (χ3n) is 4.07. The molecule has 1 fully saturated rings. The lowest BCUT2D eigenvalue weighted by Gasteiger charge is -2.34. The molecule has 0 aromatic heterocycles. The standard InChI is InChI=1S/C17H16Cl2N2O3S/c18-15-7-6-13(12-16(15)19)17(22)20-8-10-21(11-9-20)25(23,24)14-4-2-1-3-5-14/h1-7,12H,8-11H2. The first kappa shape index (κ1) is 18.2. The summed E-state index contributed by atoms with van der Waals surface area (Å²) < 4.78 is 26.6. The number of benzene rings is 2. The second-order valence-electron chi connectivity index (χ2n) is 5.64. The van der Waals surface area contributed by atoms with Gasteiger partial charge in [0.2, 0.25) is 10.0 Å². The van der Waals surface area contributed by atoms with Crippen molar-refractivity contribution in [3.8, 4) is 0 Å². The lowest BCUT2D eigenvalue weighted by atomic mass is 10.2. The summed E-state index contributed by atoms with van der Waals surface area (Å²) in [6.07, 6.45) is 0. The maximum absolute atomic E-state index is 12.6. The molecule has 1 aliphatic rings. The van der Waals surface area contributed by atoms with E-state index in [2.05, 4.69) is 0 Å². The van der Waals surface area contributed by atoms with E-state index in [1.54, 1.807) is 47.4 Å². The largest absolute Gasteiger partial charge is 0.336 e. The number of halogens is 2. The minimum Gasteiger partial charge on any atom is -0.336 e. The number of amides is 1. The van der Waals surface area contributed by atoms with Gasteiger partial charge in [0, 0.05) is 31.7 Å². The Kier molecular flexibility index (Phi) is 5.34. The Morgan fingerprint density at radius 3 is 2.12 bits per heavy atom. The highest BCUT2D eigenvalue weighted by Crippen LogP contribution is 2.24. The van der Waals surface area contributed by atoms with Crippen molar-refractivity contribution >= 4 is 39.1 Å². The maximum Gasteiger partial charge on any atom is 0.253 e. The van der Waals surface area contributed by atoms with E-state index in [4.69, 9.17) is 23.2 Å². The van der Waals surface area contributed by atoms with Crippen LogP contribution in [0.2, 0.25) is 10.0 Å². The van der Waals surface area contributed by atoms with Gasteiger partial charge in [-0.05, 0) is 30.3 Å². The minimum atomic E-state index is -3.53. The SMILES string of the molecule is O=C(c1ccc(Cl)c(Cl)c1)N1CCN(S(=O)(=O)c2ccccc2)CC1. The van der Waals surface area contributed by atoms with Crippen molar-refractivity contribution in [1.29, 1.82) is 0 Å². The van der Waals surface area contributed by atoms with Gasteiger partial charge in [-0.3, -0.25) is 4.79 Å². The zero-order valence-corrected chi connectivity index (χ0v) is 15.6. The van der Waals surface area contributed by atoms with Crippen molar-refractivity contribution in [3.05, 3.63) is 64.1 Å². The van der Waals surface area contributed by atoms with E-state index in [1.165, 1.54) is 10.4 Å².